The lowest BCUT2D eigenvalue weighted by molar-refractivity contribution is 0.117. The van der Waals surface area contributed by atoms with Gasteiger partial charge >= 0.3 is 0 Å². The van der Waals surface area contributed by atoms with E-state index in [1.807, 2.05) is 7.05 Å². The van der Waals surface area contributed by atoms with Crippen LogP contribution in [-0.4, -0.2) is 26.9 Å². The lowest BCUT2D eigenvalue weighted by atomic mass is 9.87. The van der Waals surface area contributed by atoms with Gasteiger partial charge in [0.25, 0.3) is 0 Å². The lowest BCUT2D eigenvalue weighted by Gasteiger charge is -2.25. The third-order valence-electron chi connectivity index (χ3n) is 4.13. The Kier molecular flexibility index (Phi) is 4.48. The summed E-state index contributed by atoms with van der Waals surface area (Å²) in [6.45, 7) is 7.25. The van der Waals surface area contributed by atoms with Gasteiger partial charge in [0.2, 0.25) is 0 Å². The lowest BCUT2D eigenvalue weighted by Crippen LogP contribution is -2.26. The van der Waals surface area contributed by atoms with Crippen molar-refractivity contribution in [2.45, 2.75) is 39.3 Å². The maximum Gasteiger partial charge on any atom is 0.122 e. The molecular weight excluding hydrogens is 238 g/mol. The zero-order valence-electron chi connectivity index (χ0n) is 12.6. The van der Waals surface area contributed by atoms with Crippen molar-refractivity contribution in [1.82, 2.24) is 5.32 Å². The zero-order chi connectivity index (χ0) is 14.0. The van der Waals surface area contributed by atoms with E-state index in [1.54, 1.807) is 7.11 Å². The van der Waals surface area contributed by atoms with Crippen molar-refractivity contribution in [2.75, 3.05) is 20.8 Å². The second kappa shape index (κ2) is 5.93. The van der Waals surface area contributed by atoms with E-state index in [0.29, 0.717) is 18.1 Å². The van der Waals surface area contributed by atoms with Crippen LogP contribution < -0.4 is 10.1 Å². The van der Waals surface area contributed by atoms with Gasteiger partial charge in [-0.1, -0.05) is 6.07 Å². The Hall–Kier alpha value is -1.06. The number of benzene rings is 1. The minimum Gasteiger partial charge on any atom is -0.496 e. The third-order valence-corrected chi connectivity index (χ3v) is 4.13. The van der Waals surface area contributed by atoms with Crippen LogP contribution in [0.5, 0.6) is 5.75 Å². The summed E-state index contributed by atoms with van der Waals surface area (Å²) >= 11 is 0. The van der Waals surface area contributed by atoms with Crippen molar-refractivity contribution in [2.24, 2.45) is 5.92 Å². The van der Waals surface area contributed by atoms with E-state index in [0.717, 1.165) is 18.8 Å². The fraction of sp³-hybridized carbons (Fsp3) is 0.625. The van der Waals surface area contributed by atoms with Crippen LogP contribution in [0.25, 0.3) is 0 Å². The molecule has 1 aromatic rings. The summed E-state index contributed by atoms with van der Waals surface area (Å²) in [6.07, 6.45) is 1.50. The Morgan fingerprint density at radius 2 is 2.05 bits per heavy atom. The van der Waals surface area contributed by atoms with Crippen molar-refractivity contribution < 1.29 is 9.47 Å². The fourth-order valence-corrected chi connectivity index (χ4v) is 3.09. The van der Waals surface area contributed by atoms with Crippen LogP contribution in [0.2, 0.25) is 0 Å². The molecule has 3 unspecified atom stereocenters. The van der Waals surface area contributed by atoms with Gasteiger partial charge in [0.15, 0.2) is 0 Å². The van der Waals surface area contributed by atoms with Crippen molar-refractivity contribution >= 4 is 0 Å². The van der Waals surface area contributed by atoms with Crippen LogP contribution in [0.15, 0.2) is 12.1 Å². The molecule has 0 spiro atoms. The Balaban J connectivity index is 2.30. The molecule has 1 aliphatic heterocycles. The van der Waals surface area contributed by atoms with E-state index in [-0.39, 0.29) is 0 Å². The number of ether oxygens (including phenoxy) is 2. The van der Waals surface area contributed by atoms with Crippen LogP contribution in [0, 0.1) is 19.8 Å². The van der Waals surface area contributed by atoms with Gasteiger partial charge in [-0.2, -0.15) is 0 Å². The molecule has 0 radical (unpaired) electrons. The number of rotatable bonds is 4. The summed E-state index contributed by atoms with van der Waals surface area (Å²) in [7, 11) is 3.76. The SMILES string of the molecule is CNC(c1cc(C)c(OC)cc1C)C1COC(C)C1. The Labute approximate surface area is 116 Å². The highest BCUT2D eigenvalue weighted by Gasteiger charge is 2.30. The van der Waals surface area contributed by atoms with E-state index in [2.05, 4.69) is 38.2 Å². The number of methoxy groups -OCH3 is 1. The van der Waals surface area contributed by atoms with E-state index < -0.39 is 0 Å². The first kappa shape index (κ1) is 14.4. The average Bonchev–Trinajstić information content (AvgIpc) is 2.80. The highest BCUT2D eigenvalue weighted by molar-refractivity contribution is 5.43. The van der Waals surface area contributed by atoms with Crippen LogP contribution in [-0.2, 0) is 4.74 Å². The van der Waals surface area contributed by atoms with Gasteiger partial charge in [-0.05, 0) is 57.0 Å². The predicted molar refractivity (Wildman–Crippen MR) is 77.8 cm³/mol. The molecule has 0 aromatic heterocycles. The normalized spacial score (nSPS) is 24.5. The van der Waals surface area contributed by atoms with Crippen LogP contribution in [0.3, 0.4) is 0 Å². The van der Waals surface area contributed by atoms with E-state index in [1.165, 1.54) is 16.7 Å². The van der Waals surface area contributed by atoms with E-state index in [4.69, 9.17) is 9.47 Å². The van der Waals surface area contributed by atoms with Gasteiger partial charge in [-0.15, -0.1) is 0 Å². The third kappa shape index (κ3) is 2.93. The van der Waals surface area contributed by atoms with Crippen LogP contribution in [0.4, 0.5) is 0 Å². The molecule has 19 heavy (non-hydrogen) atoms. The molecule has 3 atom stereocenters. The van der Waals surface area contributed by atoms with Gasteiger partial charge in [0, 0.05) is 12.0 Å². The van der Waals surface area contributed by atoms with Gasteiger partial charge in [-0.3, -0.25) is 0 Å². The first-order valence-corrected chi connectivity index (χ1v) is 7.00. The van der Waals surface area contributed by atoms with Crippen molar-refractivity contribution in [3.8, 4) is 5.75 Å². The molecule has 0 amide bonds. The summed E-state index contributed by atoms with van der Waals surface area (Å²) in [6, 6.07) is 4.74. The maximum absolute atomic E-state index is 5.72. The number of hydrogen-bond acceptors (Lipinski definition) is 3. The number of nitrogens with one attached hydrogen (secondary N) is 1. The molecule has 1 fully saturated rings. The van der Waals surface area contributed by atoms with Crippen molar-refractivity contribution in [3.05, 3.63) is 28.8 Å². The molecule has 1 N–H and O–H groups in total. The molecule has 1 saturated heterocycles. The maximum atomic E-state index is 5.72. The molecular formula is C16H25NO2. The second-order valence-corrected chi connectivity index (χ2v) is 5.58. The Bertz CT molecular complexity index is 445. The van der Waals surface area contributed by atoms with Crippen LogP contribution >= 0.6 is 0 Å². The van der Waals surface area contributed by atoms with Crippen molar-refractivity contribution in [3.63, 3.8) is 0 Å². The molecule has 1 heterocycles. The fourth-order valence-electron chi connectivity index (χ4n) is 3.09. The summed E-state index contributed by atoms with van der Waals surface area (Å²) < 4.78 is 11.1. The van der Waals surface area contributed by atoms with Gasteiger partial charge in [-0.25, -0.2) is 0 Å². The highest BCUT2D eigenvalue weighted by Crippen LogP contribution is 2.35. The summed E-state index contributed by atoms with van der Waals surface area (Å²) in [5.74, 6) is 1.51. The molecule has 0 bridgehead atoms. The molecule has 0 aliphatic carbocycles. The van der Waals surface area contributed by atoms with E-state index in [9.17, 15) is 0 Å². The van der Waals surface area contributed by atoms with Crippen molar-refractivity contribution in [1.29, 1.82) is 0 Å². The Morgan fingerprint density at radius 3 is 2.58 bits per heavy atom. The minimum absolute atomic E-state index is 0.356. The summed E-state index contributed by atoms with van der Waals surface area (Å²) in [5.41, 5.74) is 3.83. The Morgan fingerprint density at radius 1 is 1.32 bits per heavy atom. The number of aryl methyl sites for hydroxylation is 2. The predicted octanol–water partition coefficient (Wildman–Crippen LogP) is 3.00. The number of hydrogen-bond donors (Lipinski definition) is 1. The topological polar surface area (TPSA) is 30.5 Å². The minimum atomic E-state index is 0.356. The highest BCUT2D eigenvalue weighted by atomic mass is 16.5. The largest absolute Gasteiger partial charge is 0.496 e. The van der Waals surface area contributed by atoms with Crippen LogP contribution in [0.1, 0.15) is 36.1 Å². The smallest absolute Gasteiger partial charge is 0.122 e. The first-order chi connectivity index (χ1) is 9.06. The molecule has 0 saturated carbocycles. The first-order valence-electron chi connectivity index (χ1n) is 7.00. The summed E-state index contributed by atoms with van der Waals surface area (Å²) in [4.78, 5) is 0. The molecule has 3 heteroatoms. The average molecular weight is 263 g/mol. The monoisotopic (exact) mass is 263 g/mol. The van der Waals surface area contributed by atoms with Gasteiger partial charge in [0.1, 0.15) is 5.75 Å². The molecule has 106 valence electrons. The standard InChI is InChI=1S/C16H25NO2/c1-10-7-15(18-5)11(2)6-14(10)16(17-4)13-8-12(3)19-9-13/h6-7,12-13,16-17H,8-9H2,1-5H3. The quantitative estimate of drug-likeness (QED) is 0.906. The molecule has 2 rings (SSSR count). The second-order valence-electron chi connectivity index (χ2n) is 5.58. The molecule has 3 nitrogen and oxygen atoms in total. The molecule has 1 aromatic carbocycles. The summed E-state index contributed by atoms with van der Waals surface area (Å²) in [5, 5.41) is 3.47. The molecule has 1 aliphatic rings. The zero-order valence-corrected chi connectivity index (χ0v) is 12.6. The van der Waals surface area contributed by atoms with Gasteiger partial charge in [0.05, 0.1) is 19.8 Å². The van der Waals surface area contributed by atoms with E-state index >= 15 is 0 Å². The van der Waals surface area contributed by atoms with Gasteiger partial charge < -0.3 is 14.8 Å².